The summed E-state index contributed by atoms with van der Waals surface area (Å²) in [4.78, 5) is 36.4. The molecule has 4 amide bonds. The molecule has 1 fully saturated rings. The van der Waals surface area contributed by atoms with Crippen molar-refractivity contribution in [1.82, 2.24) is 10.6 Å². The van der Waals surface area contributed by atoms with Crippen molar-refractivity contribution in [3.63, 3.8) is 0 Å². The second-order valence-electron chi connectivity index (χ2n) is 5.13. The number of hydrogen-bond donors (Lipinski definition) is 3. The quantitative estimate of drug-likeness (QED) is 0.776. The molecule has 1 unspecified atom stereocenters. The van der Waals surface area contributed by atoms with Gasteiger partial charge in [0, 0.05) is 31.4 Å². The summed E-state index contributed by atoms with van der Waals surface area (Å²) in [6, 6.07) is 6.20. The van der Waals surface area contributed by atoms with Crippen molar-refractivity contribution in [3.8, 4) is 0 Å². The lowest BCUT2D eigenvalue weighted by Crippen LogP contribution is -2.44. The molecule has 0 radical (unpaired) electrons. The van der Waals surface area contributed by atoms with Gasteiger partial charge in [-0.05, 0) is 31.5 Å². The first kappa shape index (κ1) is 15.8. The third-order valence-electron chi connectivity index (χ3n) is 3.47. The summed E-state index contributed by atoms with van der Waals surface area (Å²) in [6.45, 7) is 2.38. The zero-order valence-electron chi connectivity index (χ0n) is 12.7. The zero-order valence-corrected chi connectivity index (χ0v) is 12.7. The van der Waals surface area contributed by atoms with Crippen LogP contribution in [0.15, 0.2) is 24.3 Å². The number of nitrogens with zero attached hydrogens (tertiary/aromatic N) is 1. The molecule has 1 aromatic rings. The highest BCUT2D eigenvalue weighted by atomic mass is 16.2. The minimum atomic E-state index is -0.582. The standard InChI is InChI=1S/C15H20N4O3/c1-10(14(21)18-15(22)16-2)17-11-5-3-6-12(9-11)19-8-4-7-13(19)20/h3,5-6,9-10,17H,4,7-8H2,1-2H3,(H2,16,18,21,22). The fourth-order valence-corrected chi connectivity index (χ4v) is 2.28. The van der Waals surface area contributed by atoms with E-state index in [1.54, 1.807) is 11.8 Å². The molecule has 7 heteroatoms. The molecule has 7 nitrogen and oxygen atoms in total. The van der Waals surface area contributed by atoms with E-state index in [2.05, 4.69) is 16.0 Å². The fourth-order valence-electron chi connectivity index (χ4n) is 2.28. The van der Waals surface area contributed by atoms with Crippen molar-refractivity contribution >= 4 is 29.2 Å². The van der Waals surface area contributed by atoms with E-state index in [1.165, 1.54) is 7.05 Å². The average molecular weight is 304 g/mol. The van der Waals surface area contributed by atoms with Gasteiger partial charge in [-0.1, -0.05) is 6.07 Å². The van der Waals surface area contributed by atoms with Crippen molar-refractivity contribution < 1.29 is 14.4 Å². The zero-order chi connectivity index (χ0) is 16.1. The number of imide groups is 1. The Morgan fingerprint density at radius 2 is 2.09 bits per heavy atom. The van der Waals surface area contributed by atoms with E-state index >= 15 is 0 Å². The van der Waals surface area contributed by atoms with E-state index in [0.29, 0.717) is 6.42 Å². The predicted octanol–water partition coefficient (Wildman–Crippen LogP) is 1.07. The summed E-state index contributed by atoms with van der Waals surface area (Å²) in [6.07, 6.45) is 1.43. The van der Waals surface area contributed by atoms with Crippen LogP contribution in [0.4, 0.5) is 16.2 Å². The second kappa shape index (κ2) is 6.93. The lowest BCUT2D eigenvalue weighted by molar-refractivity contribution is -0.120. The van der Waals surface area contributed by atoms with Gasteiger partial charge in [-0.25, -0.2) is 4.79 Å². The molecular formula is C15H20N4O3. The fraction of sp³-hybridized carbons (Fsp3) is 0.400. The van der Waals surface area contributed by atoms with E-state index in [1.807, 2.05) is 24.3 Å². The Labute approximate surface area is 129 Å². The molecule has 1 aromatic carbocycles. The summed E-state index contributed by atoms with van der Waals surface area (Å²) in [5.74, 6) is -0.315. The summed E-state index contributed by atoms with van der Waals surface area (Å²) >= 11 is 0. The molecule has 1 aliphatic rings. The normalized spacial score (nSPS) is 15.4. The van der Waals surface area contributed by atoms with Crippen LogP contribution in [0.25, 0.3) is 0 Å². The second-order valence-corrected chi connectivity index (χ2v) is 5.13. The molecule has 1 heterocycles. The molecule has 1 atom stereocenters. The number of anilines is 2. The van der Waals surface area contributed by atoms with E-state index in [9.17, 15) is 14.4 Å². The van der Waals surface area contributed by atoms with E-state index < -0.39 is 18.0 Å². The van der Waals surface area contributed by atoms with Crippen LogP contribution in [-0.2, 0) is 9.59 Å². The maximum absolute atomic E-state index is 11.8. The Bertz CT molecular complexity index is 588. The van der Waals surface area contributed by atoms with Crippen molar-refractivity contribution in [1.29, 1.82) is 0 Å². The SMILES string of the molecule is CNC(=O)NC(=O)C(C)Nc1cccc(N2CCCC2=O)c1. The number of carbonyl (C=O) groups excluding carboxylic acids is 3. The summed E-state index contributed by atoms with van der Waals surface area (Å²) < 4.78 is 0. The molecule has 0 bridgehead atoms. The van der Waals surface area contributed by atoms with Gasteiger partial charge < -0.3 is 15.5 Å². The van der Waals surface area contributed by atoms with Gasteiger partial charge in [0.1, 0.15) is 6.04 Å². The van der Waals surface area contributed by atoms with Gasteiger partial charge in [0.15, 0.2) is 0 Å². The van der Waals surface area contributed by atoms with Gasteiger partial charge in [-0.15, -0.1) is 0 Å². The molecular weight excluding hydrogens is 284 g/mol. The number of rotatable bonds is 4. The van der Waals surface area contributed by atoms with Crippen LogP contribution in [0.2, 0.25) is 0 Å². The number of amides is 4. The Kier molecular flexibility index (Phi) is 4.98. The van der Waals surface area contributed by atoms with E-state index in [0.717, 1.165) is 24.3 Å². The summed E-state index contributed by atoms with van der Waals surface area (Å²) in [7, 11) is 1.44. The van der Waals surface area contributed by atoms with Crippen LogP contribution in [0.5, 0.6) is 0 Å². The first-order chi connectivity index (χ1) is 10.5. The molecule has 1 aliphatic heterocycles. The van der Waals surface area contributed by atoms with Crippen molar-refractivity contribution in [2.75, 3.05) is 23.8 Å². The highest BCUT2D eigenvalue weighted by Gasteiger charge is 2.22. The van der Waals surface area contributed by atoms with Crippen molar-refractivity contribution in [2.24, 2.45) is 0 Å². The van der Waals surface area contributed by atoms with Crippen LogP contribution in [-0.4, -0.2) is 37.5 Å². The van der Waals surface area contributed by atoms with Crippen molar-refractivity contribution in [3.05, 3.63) is 24.3 Å². The highest BCUT2D eigenvalue weighted by Crippen LogP contribution is 2.24. The highest BCUT2D eigenvalue weighted by molar-refractivity contribution is 5.98. The number of carbonyl (C=O) groups is 3. The molecule has 1 saturated heterocycles. The predicted molar refractivity (Wildman–Crippen MR) is 83.7 cm³/mol. The molecule has 2 rings (SSSR count). The van der Waals surface area contributed by atoms with Crippen LogP contribution in [0, 0.1) is 0 Å². The minimum absolute atomic E-state index is 0.113. The Morgan fingerprint density at radius 3 is 2.73 bits per heavy atom. The van der Waals surface area contributed by atoms with Crippen LogP contribution in [0.1, 0.15) is 19.8 Å². The molecule has 3 N–H and O–H groups in total. The lowest BCUT2D eigenvalue weighted by Gasteiger charge is -2.19. The number of hydrogen-bond acceptors (Lipinski definition) is 4. The first-order valence-electron chi connectivity index (χ1n) is 7.21. The average Bonchev–Trinajstić information content (AvgIpc) is 2.93. The maximum Gasteiger partial charge on any atom is 0.321 e. The number of benzene rings is 1. The molecule has 22 heavy (non-hydrogen) atoms. The summed E-state index contributed by atoms with van der Waals surface area (Å²) in [5, 5.41) is 7.55. The van der Waals surface area contributed by atoms with Gasteiger partial charge in [0.25, 0.3) is 0 Å². The topological polar surface area (TPSA) is 90.5 Å². The minimum Gasteiger partial charge on any atom is -0.374 e. The van der Waals surface area contributed by atoms with Crippen LogP contribution >= 0.6 is 0 Å². The van der Waals surface area contributed by atoms with Gasteiger partial charge in [-0.2, -0.15) is 0 Å². The monoisotopic (exact) mass is 304 g/mol. The molecule has 0 aromatic heterocycles. The Morgan fingerprint density at radius 1 is 1.32 bits per heavy atom. The smallest absolute Gasteiger partial charge is 0.321 e. The Balaban J connectivity index is 2.02. The lowest BCUT2D eigenvalue weighted by atomic mass is 10.2. The number of urea groups is 1. The Hall–Kier alpha value is -2.57. The molecule has 0 aliphatic carbocycles. The molecule has 0 saturated carbocycles. The number of nitrogens with one attached hydrogen (secondary N) is 3. The first-order valence-corrected chi connectivity index (χ1v) is 7.21. The molecule has 118 valence electrons. The largest absolute Gasteiger partial charge is 0.374 e. The van der Waals surface area contributed by atoms with Gasteiger partial charge in [0.2, 0.25) is 11.8 Å². The van der Waals surface area contributed by atoms with Gasteiger partial charge in [-0.3, -0.25) is 14.9 Å². The third-order valence-corrected chi connectivity index (χ3v) is 3.47. The third kappa shape index (κ3) is 3.75. The van der Waals surface area contributed by atoms with E-state index in [4.69, 9.17) is 0 Å². The van der Waals surface area contributed by atoms with Crippen LogP contribution in [0.3, 0.4) is 0 Å². The van der Waals surface area contributed by atoms with E-state index in [-0.39, 0.29) is 5.91 Å². The van der Waals surface area contributed by atoms with Crippen LogP contribution < -0.4 is 20.9 Å². The van der Waals surface area contributed by atoms with Crippen molar-refractivity contribution in [2.45, 2.75) is 25.8 Å². The van der Waals surface area contributed by atoms with Gasteiger partial charge >= 0.3 is 6.03 Å². The van der Waals surface area contributed by atoms with Gasteiger partial charge in [0.05, 0.1) is 0 Å². The molecule has 0 spiro atoms. The summed E-state index contributed by atoms with van der Waals surface area (Å²) in [5.41, 5.74) is 1.53. The maximum atomic E-state index is 11.8.